The Kier molecular flexibility index (Phi) is 6.61. The lowest BCUT2D eigenvalue weighted by Crippen LogP contribution is -2.48. The minimum absolute atomic E-state index is 0.0436. The zero-order valence-electron chi connectivity index (χ0n) is 17.6. The van der Waals surface area contributed by atoms with Crippen molar-refractivity contribution in [3.63, 3.8) is 0 Å². The Bertz CT molecular complexity index is 970. The summed E-state index contributed by atoms with van der Waals surface area (Å²) in [4.78, 5) is 27.0. The maximum absolute atomic E-state index is 12.9. The number of amides is 2. The highest BCUT2D eigenvalue weighted by atomic mass is 16.5. The Morgan fingerprint density at radius 2 is 1.87 bits per heavy atom. The summed E-state index contributed by atoms with van der Waals surface area (Å²) in [6.45, 7) is 3.97. The van der Waals surface area contributed by atoms with Gasteiger partial charge in [-0.3, -0.25) is 4.90 Å². The van der Waals surface area contributed by atoms with Crippen LogP contribution in [0.2, 0.25) is 0 Å². The molecule has 30 heavy (non-hydrogen) atoms. The molecule has 2 aromatic rings. The molecule has 158 valence electrons. The summed E-state index contributed by atoms with van der Waals surface area (Å²) < 4.78 is 16.5. The molecule has 1 aliphatic heterocycles. The molecule has 0 aliphatic carbocycles. The molecule has 1 N–H and O–H groups in total. The van der Waals surface area contributed by atoms with Crippen LogP contribution in [-0.2, 0) is 9.53 Å². The van der Waals surface area contributed by atoms with Crippen molar-refractivity contribution in [3.05, 3.63) is 70.9 Å². The van der Waals surface area contributed by atoms with Crippen LogP contribution in [0.5, 0.6) is 11.5 Å². The number of aryl methyl sites for hydroxylation is 1. The van der Waals surface area contributed by atoms with Gasteiger partial charge in [0.15, 0.2) is 0 Å². The molecular weight excluding hydrogens is 384 g/mol. The second kappa shape index (κ2) is 9.35. The number of likely N-dealkylation sites (N-methyl/N-ethyl adjacent to an activating group) is 1. The number of rotatable bonds is 7. The number of esters is 1. The standard InChI is InChI=1S/C23H26N2O5/c1-5-29-22(26)20-19(14-30-18-11-6-8-15(2)12-18)25(3)23(27)24-21(20)16-9-7-10-17(13-16)28-4/h6-13,21H,5,14H2,1-4H3,(H,24,27). The first-order valence-electron chi connectivity index (χ1n) is 9.72. The van der Waals surface area contributed by atoms with Crippen molar-refractivity contribution in [3.8, 4) is 11.5 Å². The van der Waals surface area contributed by atoms with Crippen LogP contribution >= 0.6 is 0 Å². The molecule has 0 saturated carbocycles. The van der Waals surface area contributed by atoms with Gasteiger partial charge >= 0.3 is 12.0 Å². The van der Waals surface area contributed by atoms with E-state index in [1.54, 1.807) is 33.2 Å². The van der Waals surface area contributed by atoms with E-state index in [2.05, 4.69) is 5.32 Å². The van der Waals surface area contributed by atoms with Gasteiger partial charge in [-0.25, -0.2) is 9.59 Å². The molecule has 1 atom stereocenters. The van der Waals surface area contributed by atoms with Crippen molar-refractivity contribution in [2.45, 2.75) is 19.9 Å². The van der Waals surface area contributed by atoms with Crippen molar-refractivity contribution in [2.75, 3.05) is 27.4 Å². The van der Waals surface area contributed by atoms with Gasteiger partial charge in [0.25, 0.3) is 0 Å². The molecule has 0 bridgehead atoms. The Morgan fingerprint density at radius 3 is 2.57 bits per heavy atom. The van der Waals surface area contributed by atoms with Crippen LogP contribution in [0, 0.1) is 6.92 Å². The van der Waals surface area contributed by atoms with Crippen LogP contribution < -0.4 is 14.8 Å². The number of hydrogen-bond acceptors (Lipinski definition) is 5. The Labute approximate surface area is 176 Å². The monoisotopic (exact) mass is 410 g/mol. The first-order valence-corrected chi connectivity index (χ1v) is 9.72. The first kappa shape index (κ1) is 21.2. The lowest BCUT2D eigenvalue weighted by Gasteiger charge is -2.34. The topological polar surface area (TPSA) is 77.1 Å². The Balaban J connectivity index is 2.04. The highest BCUT2D eigenvalue weighted by Gasteiger charge is 2.37. The minimum Gasteiger partial charge on any atom is -0.497 e. The maximum atomic E-state index is 12.9. The Morgan fingerprint density at radius 1 is 1.13 bits per heavy atom. The van der Waals surface area contributed by atoms with E-state index in [1.165, 1.54) is 4.90 Å². The SMILES string of the molecule is CCOC(=O)C1=C(COc2cccc(C)c2)N(C)C(=O)NC1c1cccc(OC)c1. The van der Waals surface area contributed by atoms with Crippen LogP contribution in [0.3, 0.4) is 0 Å². The molecule has 0 fully saturated rings. The van der Waals surface area contributed by atoms with E-state index in [1.807, 2.05) is 43.3 Å². The zero-order valence-corrected chi connectivity index (χ0v) is 17.6. The van der Waals surface area contributed by atoms with Crippen LogP contribution in [0.15, 0.2) is 59.8 Å². The number of carbonyl (C=O) groups excluding carboxylic acids is 2. The molecule has 2 aromatic carbocycles. The Hall–Kier alpha value is -3.48. The molecule has 1 unspecified atom stereocenters. The van der Waals surface area contributed by atoms with E-state index in [4.69, 9.17) is 14.2 Å². The third kappa shape index (κ3) is 4.56. The van der Waals surface area contributed by atoms with E-state index in [-0.39, 0.29) is 19.2 Å². The van der Waals surface area contributed by atoms with Crippen LogP contribution in [0.1, 0.15) is 24.1 Å². The molecule has 3 rings (SSSR count). The van der Waals surface area contributed by atoms with E-state index < -0.39 is 12.0 Å². The average Bonchev–Trinajstić information content (AvgIpc) is 2.74. The van der Waals surface area contributed by atoms with Crippen molar-refractivity contribution in [2.24, 2.45) is 0 Å². The fraction of sp³-hybridized carbons (Fsp3) is 0.304. The van der Waals surface area contributed by atoms with Gasteiger partial charge in [0.1, 0.15) is 18.1 Å². The van der Waals surface area contributed by atoms with Gasteiger partial charge in [0.05, 0.1) is 31.0 Å². The predicted octanol–water partition coefficient (Wildman–Crippen LogP) is 3.60. The van der Waals surface area contributed by atoms with Crippen LogP contribution in [0.4, 0.5) is 4.79 Å². The zero-order chi connectivity index (χ0) is 21.7. The van der Waals surface area contributed by atoms with Gasteiger partial charge in [-0.1, -0.05) is 24.3 Å². The minimum atomic E-state index is -0.682. The van der Waals surface area contributed by atoms with Gasteiger partial charge < -0.3 is 19.5 Å². The molecule has 0 saturated heterocycles. The smallest absolute Gasteiger partial charge is 0.338 e. The number of methoxy groups -OCH3 is 1. The molecule has 0 radical (unpaired) electrons. The van der Waals surface area contributed by atoms with E-state index in [9.17, 15) is 9.59 Å². The number of nitrogens with zero attached hydrogens (tertiary/aromatic N) is 1. The largest absolute Gasteiger partial charge is 0.497 e. The summed E-state index contributed by atoms with van der Waals surface area (Å²) in [5.74, 6) is 0.782. The number of ether oxygens (including phenoxy) is 3. The highest BCUT2D eigenvalue weighted by Crippen LogP contribution is 2.32. The molecule has 7 nitrogen and oxygen atoms in total. The van der Waals surface area contributed by atoms with Crippen LogP contribution in [0.25, 0.3) is 0 Å². The average molecular weight is 410 g/mol. The number of nitrogens with one attached hydrogen (secondary N) is 1. The summed E-state index contributed by atoms with van der Waals surface area (Å²) in [5.41, 5.74) is 2.55. The number of urea groups is 1. The van der Waals surface area contributed by atoms with Crippen molar-refractivity contribution in [1.82, 2.24) is 10.2 Å². The fourth-order valence-electron chi connectivity index (χ4n) is 3.31. The fourth-order valence-corrected chi connectivity index (χ4v) is 3.31. The van der Waals surface area contributed by atoms with Gasteiger partial charge in [-0.15, -0.1) is 0 Å². The molecule has 7 heteroatoms. The van der Waals surface area contributed by atoms with Gasteiger partial charge in [-0.2, -0.15) is 0 Å². The van der Waals surface area contributed by atoms with E-state index >= 15 is 0 Å². The molecule has 1 aliphatic rings. The van der Waals surface area contributed by atoms with Crippen molar-refractivity contribution < 1.29 is 23.8 Å². The summed E-state index contributed by atoms with van der Waals surface area (Å²) in [7, 11) is 3.17. The van der Waals surface area contributed by atoms with Gasteiger partial charge in [0, 0.05) is 7.05 Å². The van der Waals surface area contributed by atoms with Crippen molar-refractivity contribution >= 4 is 12.0 Å². The summed E-state index contributed by atoms with van der Waals surface area (Å²) in [6, 6.07) is 13.8. The predicted molar refractivity (Wildman–Crippen MR) is 112 cm³/mol. The molecule has 0 spiro atoms. The third-order valence-electron chi connectivity index (χ3n) is 4.86. The normalized spacial score (nSPS) is 16.2. The summed E-state index contributed by atoms with van der Waals surface area (Å²) >= 11 is 0. The molecule has 2 amide bonds. The number of hydrogen-bond donors (Lipinski definition) is 1. The second-order valence-electron chi connectivity index (χ2n) is 6.90. The molecule has 0 aromatic heterocycles. The van der Waals surface area contributed by atoms with E-state index in [0.29, 0.717) is 28.3 Å². The van der Waals surface area contributed by atoms with E-state index in [0.717, 1.165) is 5.56 Å². The maximum Gasteiger partial charge on any atom is 0.338 e. The number of carbonyl (C=O) groups is 2. The highest BCUT2D eigenvalue weighted by molar-refractivity contribution is 5.95. The van der Waals surface area contributed by atoms with Crippen LogP contribution in [-0.4, -0.2) is 44.3 Å². The second-order valence-corrected chi connectivity index (χ2v) is 6.90. The van der Waals surface area contributed by atoms with Gasteiger partial charge in [0.2, 0.25) is 0 Å². The quantitative estimate of drug-likeness (QED) is 0.706. The number of benzene rings is 2. The molecule has 1 heterocycles. The van der Waals surface area contributed by atoms with Crippen molar-refractivity contribution in [1.29, 1.82) is 0 Å². The molecular formula is C23H26N2O5. The summed E-state index contributed by atoms with van der Waals surface area (Å²) in [6.07, 6.45) is 0. The lowest BCUT2D eigenvalue weighted by atomic mass is 9.94. The third-order valence-corrected chi connectivity index (χ3v) is 4.86. The first-order chi connectivity index (χ1) is 14.4. The summed E-state index contributed by atoms with van der Waals surface area (Å²) in [5, 5.41) is 2.88. The van der Waals surface area contributed by atoms with Gasteiger partial charge in [-0.05, 0) is 49.2 Å². The lowest BCUT2D eigenvalue weighted by molar-refractivity contribution is -0.139.